The number of pyridine rings is 1. The minimum Gasteiger partial charge on any atom is -0.453 e. The van der Waals surface area contributed by atoms with Crippen LogP contribution < -0.4 is 10.1 Å². The van der Waals surface area contributed by atoms with E-state index in [1.165, 1.54) is 16.4 Å². The quantitative estimate of drug-likeness (QED) is 0.238. The molecule has 1 N–H and O–H groups in total. The van der Waals surface area contributed by atoms with Gasteiger partial charge in [-0.3, -0.25) is 14.7 Å². The molecule has 1 saturated heterocycles. The number of thiophene rings is 1. The number of halogens is 1. The van der Waals surface area contributed by atoms with E-state index in [0.717, 1.165) is 34.7 Å². The molecule has 41 heavy (non-hydrogen) atoms. The molecule has 0 atom stereocenters. The average Bonchev–Trinajstić information content (AvgIpc) is 3.41. The molecule has 0 unspecified atom stereocenters. The van der Waals surface area contributed by atoms with E-state index in [1.807, 2.05) is 6.07 Å². The second-order valence-electron chi connectivity index (χ2n) is 9.93. The van der Waals surface area contributed by atoms with Gasteiger partial charge in [-0.15, -0.1) is 11.3 Å². The van der Waals surface area contributed by atoms with Crippen LogP contribution in [0.5, 0.6) is 11.5 Å². The molecule has 4 aromatic rings. The van der Waals surface area contributed by atoms with Crippen molar-refractivity contribution in [1.82, 2.24) is 14.2 Å². The lowest BCUT2D eigenvalue weighted by Gasteiger charge is -2.30. The lowest BCUT2D eigenvalue weighted by atomic mass is 9.97. The summed E-state index contributed by atoms with van der Waals surface area (Å²) in [6.07, 6.45) is 2.42. The first-order valence-corrected chi connectivity index (χ1v) is 16.0. The summed E-state index contributed by atoms with van der Waals surface area (Å²) in [4.78, 5) is 21.1. The van der Waals surface area contributed by atoms with Gasteiger partial charge in [0.2, 0.25) is 15.9 Å². The van der Waals surface area contributed by atoms with Gasteiger partial charge in [-0.05, 0) is 56.3 Å². The van der Waals surface area contributed by atoms with Crippen molar-refractivity contribution >= 4 is 43.2 Å². The van der Waals surface area contributed by atoms with Crippen molar-refractivity contribution in [2.75, 3.05) is 31.5 Å². The highest BCUT2D eigenvalue weighted by molar-refractivity contribution is 7.89. The highest BCUT2D eigenvalue weighted by atomic mass is 32.2. The van der Waals surface area contributed by atoms with Crippen molar-refractivity contribution in [2.45, 2.75) is 38.1 Å². The Bertz CT molecular complexity index is 1620. The van der Waals surface area contributed by atoms with Crippen LogP contribution in [0.3, 0.4) is 0 Å². The summed E-state index contributed by atoms with van der Waals surface area (Å²) >= 11 is 1.59. The summed E-state index contributed by atoms with van der Waals surface area (Å²) in [5, 5.41) is 2.78. The number of piperidine rings is 1. The van der Waals surface area contributed by atoms with Gasteiger partial charge >= 0.3 is 0 Å². The van der Waals surface area contributed by atoms with E-state index in [-0.39, 0.29) is 35.6 Å². The van der Waals surface area contributed by atoms with Crippen LogP contribution in [0.15, 0.2) is 71.8 Å². The normalized spacial score (nSPS) is 14.9. The van der Waals surface area contributed by atoms with Crippen LogP contribution in [0.2, 0.25) is 0 Å². The van der Waals surface area contributed by atoms with E-state index in [2.05, 4.69) is 29.0 Å². The predicted octanol–water partition coefficient (Wildman–Crippen LogP) is 6.11. The molecule has 2 aromatic heterocycles. The van der Waals surface area contributed by atoms with E-state index >= 15 is 4.39 Å². The molecule has 0 radical (unpaired) electrons. The minimum absolute atomic E-state index is 0.0496. The van der Waals surface area contributed by atoms with Gasteiger partial charge in [0.15, 0.2) is 11.6 Å². The Labute approximate surface area is 243 Å². The van der Waals surface area contributed by atoms with Crippen LogP contribution in [0.1, 0.15) is 31.6 Å². The van der Waals surface area contributed by atoms with Gasteiger partial charge in [0.1, 0.15) is 5.75 Å². The van der Waals surface area contributed by atoms with Crippen LogP contribution in [0.25, 0.3) is 10.2 Å². The van der Waals surface area contributed by atoms with Gasteiger partial charge in [0, 0.05) is 54.4 Å². The van der Waals surface area contributed by atoms with Gasteiger partial charge in [-0.25, -0.2) is 12.8 Å². The van der Waals surface area contributed by atoms with E-state index in [1.54, 1.807) is 60.0 Å². The molecule has 0 spiro atoms. The van der Waals surface area contributed by atoms with Crippen molar-refractivity contribution in [3.63, 3.8) is 0 Å². The number of nitrogens with one attached hydrogen (secondary N) is 1. The fourth-order valence-corrected chi connectivity index (χ4v) is 7.51. The van der Waals surface area contributed by atoms with Crippen molar-refractivity contribution in [2.24, 2.45) is 5.92 Å². The zero-order valence-electron chi connectivity index (χ0n) is 23.0. The van der Waals surface area contributed by atoms with Crippen LogP contribution in [-0.2, 0) is 21.4 Å². The average molecular weight is 597 g/mol. The standard InChI is InChI=1S/C30H33FN4O4S2/c1-3-34(4-2)20-23-19-26-29(40-23)28(12-15-32-26)39-27-11-10-22(18-25(27)31)33-30(36)21-13-16-35(17-14-21)41(37,38)24-8-6-5-7-9-24/h5-12,15,18-19,21H,3-4,13-14,16-17,20H2,1-2H3,(H,33,36). The fourth-order valence-electron chi connectivity index (χ4n) is 4.91. The third-order valence-electron chi connectivity index (χ3n) is 7.33. The number of fused-ring (bicyclic) bond motifs is 1. The first-order chi connectivity index (χ1) is 19.8. The number of hydrogen-bond donors (Lipinski definition) is 1. The van der Waals surface area contributed by atoms with Crippen LogP contribution in [-0.4, -0.2) is 54.7 Å². The maximum Gasteiger partial charge on any atom is 0.243 e. The van der Waals surface area contributed by atoms with E-state index < -0.39 is 15.8 Å². The molecule has 11 heteroatoms. The zero-order chi connectivity index (χ0) is 29.0. The molecular weight excluding hydrogens is 563 g/mol. The lowest BCUT2D eigenvalue weighted by molar-refractivity contribution is -0.120. The molecule has 0 bridgehead atoms. The van der Waals surface area contributed by atoms with Crippen LogP contribution in [0, 0.1) is 11.7 Å². The number of aromatic nitrogens is 1. The Morgan fingerprint density at radius 1 is 1.07 bits per heavy atom. The maximum atomic E-state index is 15.1. The highest BCUT2D eigenvalue weighted by Crippen LogP contribution is 2.36. The molecule has 3 heterocycles. The number of hydrogen-bond acceptors (Lipinski definition) is 7. The first-order valence-electron chi connectivity index (χ1n) is 13.7. The Hall–Kier alpha value is -3.38. The number of nitrogens with zero attached hydrogens (tertiary/aromatic N) is 3. The Morgan fingerprint density at radius 2 is 1.80 bits per heavy atom. The summed E-state index contributed by atoms with van der Waals surface area (Å²) in [7, 11) is -3.59. The van der Waals surface area contributed by atoms with Crippen LogP contribution >= 0.6 is 11.3 Å². The number of amides is 1. The van der Waals surface area contributed by atoms with Gasteiger partial charge in [-0.1, -0.05) is 32.0 Å². The number of benzene rings is 2. The summed E-state index contributed by atoms with van der Waals surface area (Å²) in [5.41, 5.74) is 1.12. The zero-order valence-corrected chi connectivity index (χ0v) is 24.7. The number of sulfonamides is 1. The summed E-state index contributed by atoms with van der Waals surface area (Å²) in [6.45, 7) is 7.46. The molecule has 0 aliphatic carbocycles. The highest BCUT2D eigenvalue weighted by Gasteiger charge is 2.32. The van der Waals surface area contributed by atoms with Crippen molar-refractivity contribution in [1.29, 1.82) is 0 Å². The molecule has 5 rings (SSSR count). The van der Waals surface area contributed by atoms with Gasteiger partial charge in [0.05, 0.1) is 15.1 Å². The second kappa shape index (κ2) is 12.6. The topological polar surface area (TPSA) is 91.8 Å². The Balaban J connectivity index is 1.21. The van der Waals surface area contributed by atoms with Crippen molar-refractivity contribution < 1.29 is 22.3 Å². The van der Waals surface area contributed by atoms with Gasteiger partial charge in [-0.2, -0.15) is 4.31 Å². The number of carbonyl (C=O) groups excluding carboxylic acids is 1. The van der Waals surface area contributed by atoms with Gasteiger partial charge in [0.25, 0.3) is 0 Å². The molecule has 1 aliphatic rings. The van der Waals surface area contributed by atoms with E-state index in [0.29, 0.717) is 24.3 Å². The number of anilines is 1. The Kier molecular flexibility index (Phi) is 8.98. The van der Waals surface area contributed by atoms with Gasteiger partial charge < -0.3 is 10.1 Å². The lowest BCUT2D eigenvalue weighted by Crippen LogP contribution is -2.41. The number of rotatable bonds is 10. The number of carbonyl (C=O) groups is 1. The summed E-state index contributed by atoms with van der Waals surface area (Å²) in [5.74, 6) is -0.653. The minimum atomic E-state index is -3.59. The van der Waals surface area contributed by atoms with Crippen molar-refractivity contribution in [3.05, 3.63) is 77.6 Å². The Morgan fingerprint density at radius 3 is 2.49 bits per heavy atom. The SMILES string of the molecule is CCN(CC)Cc1cc2nccc(Oc3ccc(NC(=O)C4CCN(S(=O)(=O)c5ccccc5)CC4)cc3F)c2s1. The van der Waals surface area contributed by atoms with Crippen molar-refractivity contribution in [3.8, 4) is 11.5 Å². The molecule has 0 saturated carbocycles. The molecule has 8 nitrogen and oxygen atoms in total. The third-order valence-corrected chi connectivity index (χ3v) is 10.4. The largest absolute Gasteiger partial charge is 0.453 e. The molecular formula is C30H33FN4O4S2. The molecule has 1 fully saturated rings. The smallest absolute Gasteiger partial charge is 0.243 e. The summed E-state index contributed by atoms with van der Waals surface area (Å²) < 4.78 is 49.0. The van der Waals surface area contributed by atoms with E-state index in [9.17, 15) is 13.2 Å². The number of ether oxygens (including phenoxy) is 1. The maximum absolute atomic E-state index is 15.1. The second-order valence-corrected chi connectivity index (χ2v) is 13.0. The molecule has 1 amide bonds. The summed E-state index contributed by atoms with van der Waals surface area (Å²) in [6, 6.07) is 16.4. The first kappa shape index (κ1) is 29.1. The molecule has 1 aliphatic heterocycles. The fraction of sp³-hybridized carbons (Fsp3) is 0.333. The monoisotopic (exact) mass is 596 g/mol. The van der Waals surface area contributed by atoms with E-state index in [4.69, 9.17) is 4.74 Å². The third kappa shape index (κ3) is 6.59. The van der Waals surface area contributed by atoms with Crippen LogP contribution in [0.4, 0.5) is 10.1 Å². The molecule has 216 valence electrons. The predicted molar refractivity (Wildman–Crippen MR) is 159 cm³/mol. The molecule has 2 aromatic carbocycles.